The van der Waals surface area contributed by atoms with Crippen molar-refractivity contribution in [3.05, 3.63) is 20.8 Å². The van der Waals surface area contributed by atoms with Gasteiger partial charge in [-0.3, -0.25) is 0 Å². The maximum Gasteiger partial charge on any atom is 0.0471 e. The molecule has 0 aliphatic carbocycles. The first-order valence-electron chi connectivity index (χ1n) is 7.12. The van der Waals surface area contributed by atoms with E-state index in [0.29, 0.717) is 11.3 Å². The molecular formula is C15H24BrNOS. The molecule has 0 aromatic carbocycles. The molecular weight excluding hydrogens is 322 g/mol. The zero-order chi connectivity index (χ0) is 13.7. The minimum absolute atomic E-state index is 0.376. The summed E-state index contributed by atoms with van der Waals surface area (Å²) in [5.74, 6) is 0.713. The summed E-state index contributed by atoms with van der Waals surface area (Å²) in [7, 11) is 0. The van der Waals surface area contributed by atoms with E-state index in [-0.39, 0.29) is 0 Å². The zero-order valence-electron chi connectivity index (χ0n) is 11.9. The van der Waals surface area contributed by atoms with Crippen LogP contribution in [0.4, 0.5) is 0 Å². The van der Waals surface area contributed by atoms with Crippen molar-refractivity contribution in [1.29, 1.82) is 0 Å². The van der Waals surface area contributed by atoms with Gasteiger partial charge in [-0.1, -0.05) is 13.8 Å². The highest BCUT2D eigenvalue weighted by Gasteiger charge is 2.33. The Morgan fingerprint density at radius 1 is 1.42 bits per heavy atom. The first kappa shape index (κ1) is 15.5. The highest BCUT2D eigenvalue weighted by Crippen LogP contribution is 2.37. The van der Waals surface area contributed by atoms with Crippen LogP contribution in [-0.2, 0) is 11.2 Å². The second kappa shape index (κ2) is 7.21. The zero-order valence-corrected chi connectivity index (χ0v) is 14.3. The number of ether oxygens (including phenoxy) is 1. The molecule has 1 N–H and O–H groups in total. The summed E-state index contributed by atoms with van der Waals surface area (Å²) >= 11 is 5.53. The molecule has 0 unspecified atom stereocenters. The Hall–Kier alpha value is 0.1000. The Morgan fingerprint density at radius 3 is 2.74 bits per heavy atom. The van der Waals surface area contributed by atoms with E-state index in [0.717, 1.165) is 26.3 Å². The number of nitrogens with one attached hydrogen (secondary N) is 1. The Morgan fingerprint density at radius 2 is 2.16 bits per heavy atom. The van der Waals surface area contributed by atoms with Gasteiger partial charge in [-0.05, 0) is 64.5 Å². The van der Waals surface area contributed by atoms with Gasteiger partial charge in [-0.25, -0.2) is 0 Å². The number of thiophene rings is 1. The van der Waals surface area contributed by atoms with Gasteiger partial charge in [-0.15, -0.1) is 11.3 Å². The van der Waals surface area contributed by atoms with Gasteiger partial charge in [0.05, 0.1) is 0 Å². The summed E-state index contributed by atoms with van der Waals surface area (Å²) in [6.07, 6.45) is 3.50. The van der Waals surface area contributed by atoms with Gasteiger partial charge < -0.3 is 10.1 Å². The third kappa shape index (κ3) is 4.55. The van der Waals surface area contributed by atoms with Crippen LogP contribution >= 0.6 is 27.3 Å². The fraction of sp³-hybridized carbons (Fsp3) is 0.733. The summed E-state index contributed by atoms with van der Waals surface area (Å²) in [4.78, 5) is 1.48. The normalized spacial score (nSPS) is 18.9. The van der Waals surface area contributed by atoms with Gasteiger partial charge in [0, 0.05) is 29.1 Å². The van der Waals surface area contributed by atoms with E-state index >= 15 is 0 Å². The molecule has 108 valence electrons. The second-order valence-electron chi connectivity index (χ2n) is 6.01. The molecule has 19 heavy (non-hydrogen) atoms. The molecule has 1 aromatic rings. The van der Waals surface area contributed by atoms with Gasteiger partial charge in [0.15, 0.2) is 0 Å². The van der Waals surface area contributed by atoms with Gasteiger partial charge in [-0.2, -0.15) is 0 Å². The molecule has 1 aromatic heterocycles. The van der Waals surface area contributed by atoms with Gasteiger partial charge in [0.2, 0.25) is 0 Å². The molecule has 2 rings (SSSR count). The van der Waals surface area contributed by atoms with E-state index in [1.165, 1.54) is 28.6 Å². The van der Waals surface area contributed by atoms with Crippen LogP contribution in [0.25, 0.3) is 0 Å². The lowest BCUT2D eigenvalue weighted by Crippen LogP contribution is -2.41. The smallest absolute Gasteiger partial charge is 0.0471 e. The highest BCUT2D eigenvalue weighted by molar-refractivity contribution is 9.10. The predicted octanol–water partition coefficient (Wildman–Crippen LogP) is 4.10. The van der Waals surface area contributed by atoms with Crippen LogP contribution in [-0.4, -0.2) is 26.3 Å². The van der Waals surface area contributed by atoms with Crippen LogP contribution < -0.4 is 5.32 Å². The lowest BCUT2D eigenvalue weighted by atomic mass is 9.76. The molecule has 1 aliphatic heterocycles. The Bertz CT molecular complexity index is 385. The first-order valence-corrected chi connectivity index (χ1v) is 8.79. The van der Waals surface area contributed by atoms with Crippen LogP contribution in [0, 0.1) is 11.3 Å². The van der Waals surface area contributed by atoms with E-state index in [1.807, 2.05) is 11.3 Å². The highest BCUT2D eigenvalue weighted by atomic mass is 79.9. The van der Waals surface area contributed by atoms with Crippen molar-refractivity contribution >= 4 is 27.3 Å². The Kier molecular flexibility index (Phi) is 5.87. The van der Waals surface area contributed by atoms with Crippen molar-refractivity contribution in [2.75, 3.05) is 26.3 Å². The van der Waals surface area contributed by atoms with Gasteiger partial charge >= 0.3 is 0 Å². The molecule has 2 nitrogen and oxygen atoms in total. The van der Waals surface area contributed by atoms with Crippen LogP contribution in [0.15, 0.2) is 15.9 Å². The molecule has 0 atom stereocenters. The van der Waals surface area contributed by atoms with E-state index in [9.17, 15) is 0 Å². The number of halogens is 1. The predicted molar refractivity (Wildman–Crippen MR) is 85.9 cm³/mol. The number of rotatable bonds is 6. The third-order valence-electron chi connectivity index (χ3n) is 3.83. The molecule has 0 saturated carbocycles. The fourth-order valence-corrected chi connectivity index (χ4v) is 4.30. The molecule has 1 fully saturated rings. The first-order chi connectivity index (χ1) is 9.11. The van der Waals surface area contributed by atoms with Crippen LogP contribution in [0.1, 0.15) is 31.6 Å². The summed E-state index contributed by atoms with van der Waals surface area (Å²) < 4.78 is 6.84. The number of hydrogen-bond donors (Lipinski definition) is 1. The van der Waals surface area contributed by atoms with Crippen molar-refractivity contribution in [3.8, 4) is 0 Å². The number of hydrogen-bond acceptors (Lipinski definition) is 3. The average Bonchev–Trinajstić information content (AvgIpc) is 2.75. The summed E-state index contributed by atoms with van der Waals surface area (Å²) in [5, 5.41) is 5.84. The van der Waals surface area contributed by atoms with E-state index in [1.54, 1.807) is 0 Å². The molecule has 2 heterocycles. The molecule has 0 bridgehead atoms. The average molecular weight is 346 g/mol. The SMILES string of the molecule is CC(C)CNCC1(Cc2sccc2Br)CCOCC1. The van der Waals surface area contributed by atoms with Crippen molar-refractivity contribution < 1.29 is 4.74 Å². The van der Waals surface area contributed by atoms with Crippen molar-refractivity contribution in [3.63, 3.8) is 0 Å². The van der Waals surface area contributed by atoms with Crippen LogP contribution in [0.5, 0.6) is 0 Å². The molecule has 1 saturated heterocycles. The van der Waals surface area contributed by atoms with Gasteiger partial charge in [0.25, 0.3) is 0 Å². The summed E-state index contributed by atoms with van der Waals surface area (Å²) in [6, 6.07) is 2.16. The summed E-state index contributed by atoms with van der Waals surface area (Å²) in [6.45, 7) is 8.56. The maximum atomic E-state index is 5.57. The third-order valence-corrected chi connectivity index (χ3v) is 5.76. The van der Waals surface area contributed by atoms with Crippen LogP contribution in [0.3, 0.4) is 0 Å². The lowest BCUT2D eigenvalue weighted by molar-refractivity contribution is 0.0150. The van der Waals surface area contributed by atoms with E-state index in [2.05, 4.69) is 46.5 Å². The van der Waals surface area contributed by atoms with Gasteiger partial charge in [0.1, 0.15) is 0 Å². The summed E-state index contributed by atoms with van der Waals surface area (Å²) in [5.41, 5.74) is 0.376. The Balaban J connectivity index is 1.99. The van der Waals surface area contributed by atoms with Crippen molar-refractivity contribution in [1.82, 2.24) is 5.32 Å². The standard InChI is InChI=1S/C15H24BrNOS/c1-12(2)10-17-11-15(4-6-18-7-5-15)9-14-13(16)3-8-19-14/h3,8,12,17H,4-7,9-11H2,1-2H3. The Labute approximate surface area is 129 Å². The second-order valence-corrected chi connectivity index (χ2v) is 7.86. The van der Waals surface area contributed by atoms with E-state index < -0.39 is 0 Å². The topological polar surface area (TPSA) is 21.3 Å². The van der Waals surface area contributed by atoms with Crippen molar-refractivity contribution in [2.24, 2.45) is 11.3 Å². The van der Waals surface area contributed by atoms with Crippen LogP contribution in [0.2, 0.25) is 0 Å². The van der Waals surface area contributed by atoms with E-state index in [4.69, 9.17) is 4.74 Å². The quantitative estimate of drug-likeness (QED) is 0.838. The maximum absolute atomic E-state index is 5.57. The molecule has 0 amide bonds. The molecule has 4 heteroatoms. The molecule has 0 spiro atoms. The largest absolute Gasteiger partial charge is 0.381 e. The minimum atomic E-state index is 0.376. The minimum Gasteiger partial charge on any atom is -0.381 e. The molecule has 0 radical (unpaired) electrons. The molecule has 1 aliphatic rings. The fourth-order valence-electron chi connectivity index (χ4n) is 2.64. The van der Waals surface area contributed by atoms with Crippen molar-refractivity contribution in [2.45, 2.75) is 33.1 Å². The monoisotopic (exact) mass is 345 g/mol. The lowest BCUT2D eigenvalue weighted by Gasteiger charge is -2.37.